The van der Waals surface area contributed by atoms with Gasteiger partial charge in [0.2, 0.25) is 0 Å². The average molecular weight is 175 g/mol. The maximum Gasteiger partial charge on any atom is 0.106 e. The van der Waals surface area contributed by atoms with Gasteiger partial charge in [0.1, 0.15) is 7.11 Å². The molecular weight excluding hydrogens is 162 g/mol. The lowest BCUT2D eigenvalue weighted by molar-refractivity contribution is 0.214. The Labute approximate surface area is 78.2 Å². The molecule has 0 N–H and O–H groups in total. The smallest absolute Gasteiger partial charge is 0.106 e. The molecule has 0 bridgehead atoms. The molecule has 0 radical (unpaired) electrons. The van der Waals surface area contributed by atoms with Crippen molar-refractivity contribution in [1.82, 2.24) is 0 Å². The van der Waals surface area contributed by atoms with Gasteiger partial charge in [-0.3, -0.25) is 0 Å². The van der Waals surface area contributed by atoms with Crippen LogP contribution in [0.4, 0.5) is 0 Å². The van der Waals surface area contributed by atoms with Gasteiger partial charge in [0, 0.05) is 5.92 Å². The first-order valence-corrected chi connectivity index (χ1v) is 4.56. The Morgan fingerprint density at radius 1 is 1.46 bits per heavy atom. The third kappa shape index (κ3) is 1.57. The van der Waals surface area contributed by atoms with Crippen molar-refractivity contribution in [3.8, 4) is 0 Å². The topological polar surface area (TPSA) is 21.6 Å². The van der Waals surface area contributed by atoms with E-state index in [0.717, 1.165) is 12.8 Å². The van der Waals surface area contributed by atoms with Crippen molar-refractivity contribution in [1.29, 1.82) is 0 Å². The maximum absolute atomic E-state index is 4.69. The Morgan fingerprint density at radius 3 is 3.15 bits per heavy atom. The maximum atomic E-state index is 4.69. The molecule has 1 aromatic rings. The first-order chi connectivity index (χ1) is 6.42. The molecule has 0 spiro atoms. The highest BCUT2D eigenvalue weighted by atomic mass is 16.6. The van der Waals surface area contributed by atoms with Crippen LogP contribution < -0.4 is 0 Å². The van der Waals surface area contributed by atoms with Crippen LogP contribution >= 0.6 is 0 Å². The third-order valence-corrected chi connectivity index (χ3v) is 2.53. The molecule has 68 valence electrons. The standard InChI is InChI=1S/C11H13NO/c1-13-12-8-10-7-6-9-4-2-3-5-11(9)10/h2-5,8,10H,6-7H2,1H3/b12-8+. The van der Waals surface area contributed by atoms with Crippen LogP contribution in [-0.4, -0.2) is 13.3 Å². The van der Waals surface area contributed by atoms with Gasteiger partial charge in [-0.05, 0) is 24.0 Å². The van der Waals surface area contributed by atoms with Crippen molar-refractivity contribution in [3.05, 3.63) is 35.4 Å². The SMILES string of the molecule is CO/N=C/C1CCc2ccccc21. The molecule has 2 heteroatoms. The van der Waals surface area contributed by atoms with Crippen molar-refractivity contribution in [2.45, 2.75) is 18.8 Å². The lowest BCUT2D eigenvalue weighted by Gasteiger charge is -2.03. The minimum absolute atomic E-state index is 0.455. The van der Waals surface area contributed by atoms with Gasteiger partial charge in [-0.1, -0.05) is 29.4 Å². The van der Waals surface area contributed by atoms with E-state index in [2.05, 4.69) is 34.3 Å². The summed E-state index contributed by atoms with van der Waals surface area (Å²) in [6.45, 7) is 0. The fourth-order valence-electron chi connectivity index (χ4n) is 1.88. The second-order valence-electron chi connectivity index (χ2n) is 3.28. The van der Waals surface area contributed by atoms with Crippen LogP contribution in [0.25, 0.3) is 0 Å². The molecule has 0 fully saturated rings. The van der Waals surface area contributed by atoms with Crippen LogP contribution in [0.15, 0.2) is 29.4 Å². The number of fused-ring (bicyclic) bond motifs is 1. The molecule has 0 aliphatic heterocycles. The fourth-order valence-corrected chi connectivity index (χ4v) is 1.88. The second-order valence-corrected chi connectivity index (χ2v) is 3.28. The first-order valence-electron chi connectivity index (χ1n) is 4.56. The van der Waals surface area contributed by atoms with Gasteiger partial charge < -0.3 is 4.84 Å². The quantitative estimate of drug-likeness (QED) is 0.499. The van der Waals surface area contributed by atoms with Gasteiger partial charge in [0.05, 0.1) is 6.21 Å². The number of oxime groups is 1. The van der Waals surface area contributed by atoms with Crippen LogP contribution in [0.5, 0.6) is 0 Å². The van der Waals surface area contributed by atoms with Crippen molar-refractivity contribution < 1.29 is 4.84 Å². The summed E-state index contributed by atoms with van der Waals surface area (Å²) in [5.41, 5.74) is 2.86. The van der Waals surface area contributed by atoms with Crippen LogP contribution in [0.1, 0.15) is 23.5 Å². The summed E-state index contributed by atoms with van der Waals surface area (Å²) in [5.74, 6) is 0.455. The molecule has 0 amide bonds. The molecular formula is C11H13NO. The molecule has 0 saturated carbocycles. The van der Waals surface area contributed by atoms with Crippen molar-refractivity contribution in [2.75, 3.05) is 7.11 Å². The summed E-state index contributed by atoms with van der Waals surface area (Å²) in [4.78, 5) is 4.69. The van der Waals surface area contributed by atoms with Crippen LogP contribution in [0.2, 0.25) is 0 Å². The van der Waals surface area contributed by atoms with Gasteiger partial charge in [0.25, 0.3) is 0 Å². The molecule has 1 aliphatic rings. The first kappa shape index (κ1) is 8.30. The zero-order valence-corrected chi connectivity index (χ0v) is 7.73. The molecule has 2 nitrogen and oxygen atoms in total. The van der Waals surface area contributed by atoms with E-state index in [1.54, 1.807) is 7.11 Å². The average Bonchev–Trinajstić information content (AvgIpc) is 2.58. The fraction of sp³-hybridized carbons (Fsp3) is 0.364. The number of hydrogen-bond acceptors (Lipinski definition) is 2. The minimum atomic E-state index is 0.455. The second kappa shape index (κ2) is 3.60. The van der Waals surface area contributed by atoms with Crippen molar-refractivity contribution >= 4 is 6.21 Å². The lowest BCUT2D eigenvalue weighted by Crippen LogP contribution is -1.94. The Balaban J connectivity index is 2.23. The molecule has 13 heavy (non-hydrogen) atoms. The van der Waals surface area contributed by atoms with Crippen LogP contribution in [0.3, 0.4) is 0 Å². The van der Waals surface area contributed by atoms with E-state index >= 15 is 0 Å². The van der Waals surface area contributed by atoms with Gasteiger partial charge >= 0.3 is 0 Å². The molecule has 1 aromatic carbocycles. The molecule has 2 rings (SSSR count). The summed E-state index contributed by atoms with van der Waals surface area (Å²) < 4.78 is 0. The highest BCUT2D eigenvalue weighted by Crippen LogP contribution is 2.31. The van der Waals surface area contributed by atoms with E-state index in [4.69, 9.17) is 0 Å². The summed E-state index contributed by atoms with van der Waals surface area (Å²) in [7, 11) is 1.58. The monoisotopic (exact) mass is 175 g/mol. The zero-order valence-electron chi connectivity index (χ0n) is 7.73. The predicted molar refractivity (Wildman–Crippen MR) is 53.0 cm³/mol. The number of rotatable bonds is 2. The van der Waals surface area contributed by atoms with Gasteiger partial charge in [-0.15, -0.1) is 0 Å². The van der Waals surface area contributed by atoms with E-state index in [9.17, 15) is 0 Å². The van der Waals surface area contributed by atoms with Crippen molar-refractivity contribution in [2.24, 2.45) is 5.16 Å². The van der Waals surface area contributed by atoms with Crippen LogP contribution in [-0.2, 0) is 11.3 Å². The summed E-state index contributed by atoms with van der Waals surface area (Å²) in [6, 6.07) is 8.54. The Hall–Kier alpha value is -1.31. The molecule has 0 heterocycles. The number of benzene rings is 1. The molecule has 1 aliphatic carbocycles. The van der Waals surface area contributed by atoms with Gasteiger partial charge in [-0.25, -0.2) is 0 Å². The molecule has 0 aromatic heterocycles. The molecule has 1 unspecified atom stereocenters. The molecule has 0 saturated heterocycles. The summed E-state index contributed by atoms with van der Waals surface area (Å²) >= 11 is 0. The third-order valence-electron chi connectivity index (χ3n) is 2.53. The number of nitrogens with zero attached hydrogens (tertiary/aromatic N) is 1. The largest absolute Gasteiger partial charge is 0.399 e. The summed E-state index contributed by atoms with van der Waals surface area (Å²) in [5, 5.41) is 3.83. The van der Waals surface area contributed by atoms with Gasteiger partial charge in [0.15, 0.2) is 0 Å². The zero-order chi connectivity index (χ0) is 9.10. The highest BCUT2D eigenvalue weighted by molar-refractivity contribution is 5.69. The van der Waals surface area contributed by atoms with E-state index in [1.165, 1.54) is 11.1 Å². The van der Waals surface area contributed by atoms with Crippen molar-refractivity contribution in [3.63, 3.8) is 0 Å². The predicted octanol–water partition coefficient (Wildman–Crippen LogP) is 2.35. The van der Waals surface area contributed by atoms with E-state index in [0.29, 0.717) is 5.92 Å². The minimum Gasteiger partial charge on any atom is -0.399 e. The molecule has 1 atom stereocenters. The van der Waals surface area contributed by atoms with E-state index < -0.39 is 0 Å². The van der Waals surface area contributed by atoms with E-state index in [-0.39, 0.29) is 0 Å². The number of hydrogen-bond donors (Lipinski definition) is 0. The van der Waals surface area contributed by atoms with E-state index in [1.807, 2.05) is 6.21 Å². The number of aryl methyl sites for hydroxylation is 1. The Morgan fingerprint density at radius 2 is 2.31 bits per heavy atom. The Bertz CT molecular complexity index is 320. The lowest BCUT2D eigenvalue weighted by atomic mass is 10.0. The van der Waals surface area contributed by atoms with Gasteiger partial charge in [-0.2, -0.15) is 0 Å². The Kier molecular flexibility index (Phi) is 2.30. The summed E-state index contributed by atoms with van der Waals surface area (Å²) in [6.07, 6.45) is 4.22. The van der Waals surface area contributed by atoms with Crippen LogP contribution in [0, 0.1) is 0 Å². The normalized spacial score (nSPS) is 20.5. The highest BCUT2D eigenvalue weighted by Gasteiger charge is 2.19.